The molecular weight excluding hydrogens is 210 g/mol. The molecule has 0 saturated carbocycles. The Labute approximate surface area is 95.3 Å². The lowest BCUT2D eigenvalue weighted by Gasteiger charge is -2.50. The normalized spacial score (nSPS) is 28.9. The van der Waals surface area contributed by atoms with Crippen molar-refractivity contribution in [3.63, 3.8) is 0 Å². The van der Waals surface area contributed by atoms with Crippen molar-refractivity contribution in [2.45, 2.75) is 45.2 Å². The van der Waals surface area contributed by atoms with Gasteiger partial charge >= 0.3 is 5.97 Å². The maximum atomic E-state index is 11.9. The molecule has 1 aliphatic rings. The van der Waals surface area contributed by atoms with E-state index in [-0.39, 0.29) is 12.2 Å². The van der Waals surface area contributed by atoms with Crippen LogP contribution in [0, 0.1) is 5.92 Å². The summed E-state index contributed by atoms with van der Waals surface area (Å²) in [6, 6.07) is 0. The van der Waals surface area contributed by atoms with Crippen LogP contribution in [0.3, 0.4) is 0 Å². The number of carbonyl (C=O) groups is 2. The second-order valence-corrected chi connectivity index (χ2v) is 5.38. The summed E-state index contributed by atoms with van der Waals surface area (Å²) in [7, 11) is 1.24. The third kappa shape index (κ3) is 1.85. The molecule has 1 fully saturated rings. The van der Waals surface area contributed by atoms with Gasteiger partial charge in [-0.05, 0) is 27.7 Å². The van der Waals surface area contributed by atoms with Crippen molar-refractivity contribution in [1.82, 2.24) is 5.06 Å². The molecule has 16 heavy (non-hydrogen) atoms. The smallest absolute Gasteiger partial charge is 0.318 e. The van der Waals surface area contributed by atoms with Crippen LogP contribution in [0.1, 0.15) is 34.1 Å². The van der Waals surface area contributed by atoms with E-state index in [1.807, 2.05) is 0 Å². The third-order valence-corrected chi connectivity index (χ3v) is 3.19. The first kappa shape index (κ1) is 13.1. The van der Waals surface area contributed by atoms with Crippen LogP contribution in [0.2, 0.25) is 0 Å². The molecule has 92 valence electrons. The molecule has 1 heterocycles. The number of esters is 1. The van der Waals surface area contributed by atoms with E-state index in [1.165, 1.54) is 7.11 Å². The lowest BCUT2D eigenvalue weighted by atomic mass is 9.73. The van der Waals surface area contributed by atoms with Crippen LogP contribution in [-0.4, -0.2) is 40.2 Å². The van der Waals surface area contributed by atoms with E-state index in [1.54, 1.807) is 27.7 Å². The summed E-state index contributed by atoms with van der Waals surface area (Å²) in [5, 5.41) is 11.2. The monoisotopic (exact) mass is 229 g/mol. The fraction of sp³-hybridized carbons (Fsp3) is 0.818. The summed E-state index contributed by atoms with van der Waals surface area (Å²) in [6.45, 7) is 6.85. The average molecular weight is 229 g/mol. The molecule has 1 aliphatic heterocycles. The lowest BCUT2D eigenvalue weighted by Crippen LogP contribution is -2.65. The zero-order valence-corrected chi connectivity index (χ0v) is 10.4. The van der Waals surface area contributed by atoms with Gasteiger partial charge in [-0.1, -0.05) is 0 Å². The summed E-state index contributed by atoms with van der Waals surface area (Å²) < 4.78 is 4.61. The highest BCUT2D eigenvalue weighted by atomic mass is 16.5. The average Bonchev–Trinajstić information content (AvgIpc) is 2.13. The van der Waals surface area contributed by atoms with Crippen molar-refractivity contribution in [2.75, 3.05) is 7.11 Å². The first-order valence-corrected chi connectivity index (χ1v) is 5.24. The zero-order valence-electron chi connectivity index (χ0n) is 10.4. The minimum Gasteiger partial charge on any atom is -0.468 e. The molecule has 0 aromatic carbocycles. The highest BCUT2D eigenvalue weighted by Gasteiger charge is 2.54. The Kier molecular flexibility index (Phi) is 3.13. The highest BCUT2D eigenvalue weighted by molar-refractivity contribution is 6.01. The number of hydrogen-bond acceptors (Lipinski definition) is 5. The molecule has 1 saturated heterocycles. The minimum atomic E-state index is -0.952. The van der Waals surface area contributed by atoms with Gasteiger partial charge in [0.05, 0.1) is 12.6 Å². The molecule has 1 N–H and O–H groups in total. The standard InChI is InChI=1S/C11H19NO4/c1-10(2)6-7(13)8(9(14)16-5)11(3,4)12(10)15/h8,15H,6H2,1-5H3. The van der Waals surface area contributed by atoms with Gasteiger partial charge in [-0.25, -0.2) is 0 Å². The van der Waals surface area contributed by atoms with E-state index in [0.29, 0.717) is 0 Å². The number of carbonyl (C=O) groups excluding carboxylic acids is 2. The predicted molar refractivity (Wildman–Crippen MR) is 56.9 cm³/mol. The molecule has 1 rings (SSSR count). The van der Waals surface area contributed by atoms with Crippen molar-refractivity contribution < 1.29 is 19.5 Å². The maximum absolute atomic E-state index is 11.9. The Bertz CT molecular complexity index is 322. The van der Waals surface area contributed by atoms with E-state index in [0.717, 1.165) is 5.06 Å². The molecule has 5 nitrogen and oxygen atoms in total. The summed E-state index contributed by atoms with van der Waals surface area (Å²) in [5.41, 5.74) is -1.61. The van der Waals surface area contributed by atoms with Crippen LogP contribution in [0.15, 0.2) is 0 Å². The summed E-state index contributed by atoms with van der Waals surface area (Å²) in [5.74, 6) is -1.72. The zero-order chi connectivity index (χ0) is 12.7. The van der Waals surface area contributed by atoms with Gasteiger partial charge in [-0.3, -0.25) is 9.59 Å². The Balaban J connectivity index is 3.14. The Morgan fingerprint density at radius 1 is 1.44 bits per heavy atom. The van der Waals surface area contributed by atoms with Crippen molar-refractivity contribution in [3.05, 3.63) is 0 Å². The minimum absolute atomic E-state index is 0.132. The Hall–Kier alpha value is -0.940. The molecular formula is C11H19NO4. The van der Waals surface area contributed by atoms with Gasteiger partial charge in [0.15, 0.2) is 5.78 Å². The summed E-state index contributed by atoms with van der Waals surface area (Å²) in [4.78, 5) is 23.5. The van der Waals surface area contributed by atoms with Crippen LogP contribution in [0.4, 0.5) is 0 Å². The molecule has 0 aromatic heterocycles. The molecule has 5 heteroatoms. The number of ketones is 1. The predicted octanol–water partition coefficient (Wildman–Crippen LogP) is 0.997. The van der Waals surface area contributed by atoms with Crippen LogP contribution in [0.5, 0.6) is 0 Å². The number of nitrogens with zero attached hydrogens (tertiary/aromatic N) is 1. The van der Waals surface area contributed by atoms with Crippen LogP contribution in [-0.2, 0) is 14.3 Å². The SMILES string of the molecule is COC(=O)C1C(=O)CC(C)(C)N(O)C1(C)C. The second kappa shape index (κ2) is 3.82. The number of hydroxylamine groups is 2. The van der Waals surface area contributed by atoms with Crippen molar-refractivity contribution >= 4 is 11.8 Å². The highest BCUT2D eigenvalue weighted by Crippen LogP contribution is 2.39. The van der Waals surface area contributed by atoms with E-state index in [2.05, 4.69) is 4.74 Å². The van der Waals surface area contributed by atoms with Gasteiger partial charge in [0.2, 0.25) is 0 Å². The van der Waals surface area contributed by atoms with E-state index >= 15 is 0 Å². The number of Topliss-reactive ketones (excluding diaryl/α,β-unsaturated/α-hetero) is 1. The number of piperidine rings is 1. The van der Waals surface area contributed by atoms with E-state index in [9.17, 15) is 14.8 Å². The van der Waals surface area contributed by atoms with Gasteiger partial charge in [0, 0.05) is 12.0 Å². The Morgan fingerprint density at radius 2 is 1.94 bits per heavy atom. The third-order valence-electron chi connectivity index (χ3n) is 3.19. The lowest BCUT2D eigenvalue weighted by molar-refractivity contribution is -0.251. The fourth-order valence-electron chi connectivity index (χ4n) is 2.44. The summed E-state index contributed by atoms with van der Waals surface area (Å²) in [6.07, 6.45) is 0.132. The molecule has 0 amide bonds. The van der Waals surface area contributed by atoms with Crippen molar-refractivity contribution in [1.29, 1.82) is 0 Å². The van der Waals surface area contributed by atoms with Crippen molar-refractivity contribution in [2.24, 2.45) is 5.92 Å². The van der Waals surface area contributed by atoms with Gasteiger partial charge in [0.1, 0.15) is 5.92 Å². The Morgan fingerprint density at radius 3 is 2.38 bits per heavy atom. The molecule has 1 unspecified atom stereocenters. The second-order valence-electron chi connectivity index (χ2n) is 5.38. The number of methoxy groups -OCH3 is 1. The molecule has 0 radical (unpaired) electrons. The first-order valence-electron chi connectivity index (χ1n) is 5.24. The van der Waals surface area contributed by atoms with E-state index in [4.69, 9.17) is 0 Å². The summed E-state index contributed by atoms with van der Waals surface area (Å²) >= 11 is 0. The van der Waals surface area contributed by atoms with Crippen LogP contribution < -0.4 is 0 Å². The number of ether oxygens (including phenoxy) is 1. The molecule has 0 aliphatic carbocycles. The van der Waals surface area contributed by atoms with Crippen LogP contribution >= 0.6 is 0 Å². The van der Waals surface area contributed by atoms with Gasteiger partial charge in [-0.15, -0.1) is 0 Å². The first-order chi connectivity index (χ1) is 7.14. The number of rotatable bonds is 1. The molecule has 1 atom stereocenters. The topological polar surface area (TPSA) is 66.8 Å². The van der Waals surface area contributed by atoms with Gasteiger partial charge in [-0.2, -0.15) is 5.06 Å². The maximum Gasteiger partial charge on any atom is 0.318 e. The molecule has 0 bridgehead atoms. The van der Waals surface area contributed by atoms with Gasteiger partial charge in [0.25, 0.3) is 0 Å². The fourth-order valence-corrected chi connectivity index (χ4v) is 2.44. The van der Waals surface area contributed by atoms with Crippen molar-refractivity contribution in [3.8, 4) is 0 Å². The molecule has 0 aromatic rings. The molecule has 0 spiro atoms. The quantitative estimate of drug-likeness (QED) is 0.536. The van der Waals surface area contributed by atoms with Gasteiger partial charge < -0.3 is 9.94 Å². The van der Waals surface area contributed by atoms with E-state index < -0.39 is 23.0 Å². The van der Waals surface area contributed by atoms with Crippen LogP contribution in [0.25, 0.3) is 0 Å². The largest absolute Gasteiger partial charge is 0.468 e. The number of hydrogen-bond donors (Lipinski definition) is 1.